The number of carbonyl (C=O) groups excluding carboxylic acids is 2. The lowest BCUT2D eigenvalue weighted by Gasteiger charge is -2.39. The molecule has 2 N–H and O–H groups in total. The first-order chi connectivity index (χ1) is 11.6. The highest BCUT2D eigenvalue weighted by molar-refractivity contribution is 5.94. The zero-order valence-electron chi connectivity index (χ0n) is 13.3. The Kier molecular flexibility index (Phi) is 4.86. The van der Waals surface area contributed by atoms with Crippen molar-refractivity contribution in [2.24, 2.45) is 5.73 Å². The van der Waals surface area contributed by atoms with Crippen molar-refractivity contribution < 1.29 is 9.59 Å². The number of piperazine rings is 1. The molecule has 2 heterocycles. The SMILES string of the molecule is NC(=O)[C@@H]1CN(C(=O)c2cccnc2)CCN1Cc1ccccc1. The van der Waals surface area contributed by atoms with Gasteiger partial charge in [0.2, 0.25) is 5.91 Å². The molecule has 0 radical (unpaired) electrons. The number of hydrogen-bond donors (Lipinski definition) is 1. The number of hydrogen-bond acceptors (Lipinski definition) is 4. The van der Waals surface area contributed by atoms with Crippen molar-refractivity contribution >= 4 is 11.8 Å². The molecular weight excluding hydrogens is 304 g/mol. The zero-order valence-corrected chi connectivity index (χ0v) is 13.3. The van der Waals surface area contributed by atoms with E-state index in [1.165, 1.54) is 6.20 Å². The highest BCUT2D eigenvalue weighted by Gasteiger charge is 2.33. The smallest absolute Gasteiger partial charge is 0.255 e. The van der Waals surface area contributed by atoms with E-state index in [9.17, 15) is 9.59 Å². The van der Waals surface area contributed by atoms with E-state index in [-0.39, 0.29) is 5.91 Å². The lowest BCUT2D eigenvalue weighted by molar-refractivity contribution is -0.125. The third-order valence-corrected chi connectivity index (χ3v) is 4.24. The Morgan fingerprint density at radius 1 is 1.12 bits per heavy atom. The summed E-state index contributed by atoms with van der Waals surface area (Å²) in [6.45, 7) is 2.11. The first kappa shape index (κ1) is 16.1. The average Bonchev–Trinajstić information content (AvgIpc) is 2.63. The Morgan fingerprint density at radius 3 is 2.58 bits per heavy atom. The molecule has 1 saturated heterocycles. The van der Waals surface area contributed by atoms with E-state index in [2.05, 4.69) is 4.98 Å². The molecule has 2 aromatic rings. The second-order valence-corrected chi connectivity index (χ2v) is 5.87. The van der Waals surface area contributed by atoms with E-state index in [4.69, 9.17) is 5.73 Å². The van der Waals surface area contributed by atoms with Crippen LogP contribution in [0.3, 0.4) is 0 Å². The van der Waals surface area contributed by atoms with E-state index in [0.29, 0.717) is 31.7 Å². The molecule has 6 nitrogen and oxygen atoms in total. The summed E-state index contributed by atoms with van der Waals surface area (Å²) in [7, 11) is 0. The van der Waals surface area contributed by atoms with Crippen molar-refractivity contribution in [3.05, 3.63) is 66.0 Å². The normalized spacial score (nSPS) is 18.3. The van der Waals surface area contributed by atoms with Crippen molar-refractivity contribution in [3.63, 3.8) is 0 Å². The van der Waals surface area contributed by atoms with Crippen LogP contribution >= 0.6 is 0 Å². The topological polar surface area (TPSA) is 79.5 Å². The van der Waals surface area contributed by atoms with Crippen LogP contribution in [0.2, 0.25) is 0 Å². The lowest BCUT2D eigenvalue weighted by Crippen LogP contribution is -2.58. The summed E-state index contributed by atoms with van der Waals surface area (Å²) in [6.07, 6.45) is 3.17. The van der Waals surface area contributed by atoms with Gasteiger partial charge in [-0.25, -0.2) is 0 Å². The fraction of sp³-hybridized carbons (Fsp3) is 0.278. The molecule has 1 fully saturated rings. The Hall–Kier alpha value is -2.73. The van der Waals surface area contributed by atoms with Gasteiger partial charge in [-0.15, -0.1) is 0 Å². The Morgan fingerprint density at radius 2 is 1.92 bits per heavy atom. The average molecular weight is 324 g/mol. The molecule has 6 heteroatoms. The maximum absolute atomic E-state index is 12.5. The van der Waals surface area contributed by atoms with Gasteiger partial charge in [-0.1, -0.05) is 30.3 Å². The predicted molar refractivity (Wildman–Crippen MR) is 90.0 cm³/mol. The van der Waals surface area contributed by atoms with E-state index < -0.39 is 11.9 Å². The molecule has 1 atom stereocenters. The molecule has 0 saturated carbocycles. The van der Waals surface area contributed by atoms with E-state index >= 15 is 0 Å². The maximum Gasteiger partial charge on any atom is 0.255 e. The van der Waals surface area contributed by atoms with E-state index in [1.54, 1.807) is 23.2 Å². The highest BCUT2D eigenvalue weighted by Crippen LogP contribution is 2.16. The van der Waals surface area contributed by atoms with Crippen LogP contribution in [-0.2, 0) is 11.3 Å². The number of benzene rings is 1. The second-order valence-electron chi connectivity index (χ2n) is 5.87. The summed E-state index contributed by atoms with van der Waals surface area (Å²) >= 11 is 0. The standard InChI is InChI=1S/C18H20N4O2/c19-17(23)16-13-22(18(24)15-7-4-8-20-11-15)10-9-21(16)12-14-5-2-1-3-6-14/h1-8,11,16H,9-10,12-13H2,(H2,19,23)/t16-/m0/s1. The molecule has 3 rings (SSSR count). The van der Waals surface area contributed by atoms with Gasteiger partial charge >= 0.3 is 0 Å². The van der Waals surface area contributed by atoms with Gasteiger partial charge in [0, 0.05) is 38.6 Å². The molecule has 24 heavy (non-hydrogen) atoms. The van der Waals surface area contributed by atoms with Crippen LogP contribution in [0.15, 0.2) is 54.9 Å². The quantitative estimate of drug-likeness (QED) is 0.906. The third kappa shape index (κ3) is 3.60. The summed E-state index contributed by atoms with van der Waals surface area (Å²) in [6, 6.07) is 12.9. The van der Waals surface area contributed by atoms with Gasteiger partial charge in [0.05, 0.1) is 5.56 Å². The summed E-state index contributed by atoms with van der Waals surface area (Å²) in [4.78, 5) is 32.1. The molecule has 1 aliphatic heterocycles. The van der Waals surface area contributed by atoms with Crippen molar-refractivity contribution in [2.45, 2.75) is 12.6 Å². The molecule has 124 valence electrons. The summed E-state index contributed by atoms with van der Waals surface area (Å²) < 4.78 is 0. The molecule has 1 aliphatic rings. The molecule has 2 amide bonds. The minimum Gasteiger partial charge on any atom is -0.368 e. The highest BCUT2D eigenvalue weighted by atomic mass is 16.2. The van der Waals surface area contributed by atoms with Crippen molar-refractivity contribution in [3.8, 4) is 0 Å². The largest absolute Gasteiger partial charge is 0.368 e. The lowest BCUT2D eigenvalue weighted by atomic mass is 10.1. The second kappa shape index (κ2) is 7.23. The fourth-order valence-electron chi connectivity index (χ4n) is 2.95. The third-order valence-electron chi connectivity index (χ3n) is 4.24. The molecule has 0 spiro atoms. The number of rotatable bonds is 4. The van der Waals surface area contributed by atoms with Crippen LogP contribution in [0.4, 0.5) is 0 Å². The van der Waals surface area contributed by atoms with Crippen LogP contribution in [0.5, 0.6) is 0 Å². The van der Waals surface area contributed by atoms with Crippen molar-refractivity contribution in [1.82, 2.24) is 14.8 Å². The van der Waals surface area contributed by atoms with Gasteiger partial charge in [0.25, 0.3) is 5.91 Å². The van der Waals surface area contributed by atoms with Gasteiger partial charge in [-0.3, -0.25) is 19.5 Å². The summed E-state index contributed by atoms with van der Waals surface area (Å²) in [5, 5.41) is 0. The van der Waals surface area contributed by atoms with Gasteiger partial charge in [0.1, 0.15) is 6.04 Å². The number of pyridine rings is 1. The Labute approximate surface area is 140 Å². The number of amides is 2. The number of nitrogens with two attached hydrogens (primary N) is 1. The maximum atomic E-state index is 12.5. The van der Waals surface area contributed by atoms with Gasteiger partial charge in [-0.05, 0) is 17.7 Å². The number of aromatic nitrogens is 1. The first-order valence-electron chi connectivity index (χ1n) is 7.92. The number of primary amides is 1. The molecule has 0 bridgehead atoms. The minimum atomic E-state index is -0.487. The summed E-state index contributed by atoms with van der Waals surface area (Å²) in [5.74, 6) is -0.525. The summed E-state index contributed by atoms with van der Waals surface area (Å²) in [5.41, 5.74) is 7.23. The van der Waals surface area contributed by atoms with Gasteiger partial charge in [0.15, 0.2) is 0 Å². The van der Waals surface area contributed by atoms with E-state index in [1.807, 2.05) is 35.2 Å². The zero-order chi connectivity index (χ0) is 16.9. The fourth-order valence-corrected chi connectivity index (χ4v) is 2.95. The number of nitrogens with zero attached hydrogens (tertiary/aromatic N) is 3. The van der Waals surface area contributed by atoms with Crippen molar-refractivity contribution in [1.29, 1.82) is 0 Å². The first-order valence-corrected chi connectivity index (χ1v) is 7.92. The van der Waals surface area contributed by atoms with Gasteiger partial charge < -0.3 is 10.6 Å². The molecule has 1 aromatic heterocycles. The monoisotopic (exact) mass is 324 g/mol. The van der Waals surface area contributed by atoms with Crippen molar-refractivity contribution in [2.75, 3.05) is 19.6 Å². The van der Waals surface area contributed by atoms with Crippen LogP contribution in [0, 0.1) is 0 Å². The Bertz CT molecular complexity index is 705. The molecule has 0 aliphatic carbocycles. The van der Waals surface area contributed by atoms with Crippen LogP contribution in [0.25, 0.3) is 0 Å². The molecule has 1 aromatic carbocycles. The van der Waals surface area contributed by atoms with E-state index in [0.717, 1.165) is 5.56 Å². The van der Waals surface area contributed by atoms with Crippen LogP contribution in [0.1, 0.15) is 15.9 Å². The number of carbonyl (C=O) groups is 2. The predicted octanol–water partition coefficient (Wildman–Crippen LogP) is 0.893. The van der Waals surface area contributed by atoms with Gasteiger partial charge in [-0.2, -0.15) is 0 Å². The Balaban J connectivity index is 1.71. The van der Waals surface area contributed by atoms with Crippen LogP contribution < -0.4 is 5.73 Å². The van der Waals surface area contributed by atoms with Crippen LogP contribution in [-0.4, -0.2) is 52.3 Å². The molecule has 0 unspecified atom stereocenters. The minimum absolute atomic E-state index is 0.117. The molecular formula is C18H20N4O2.